The minimum Gasteiger partial charge on any atom is -0.497 e. The van der Waals surface area contributed by atoms with Crippen LogP contribution in [0.15, 0.2) is 39.3 Å². The topological polar surface area (TPSA) is 108 Å². The Morgan fingerprint density at radius 3 is 2.39 bits per heavy atom. The van der Waals surface area contributed by atoms with Crippen LogP contribution in [0.4, 0.5) is 11.6 Å². The molecular formula is C15H18N6O2. The van der Waals surface area contributed by atoms with Crippen LogP contribution >= 0.6 is 0 Å². The number of benzene rings is 1. The first-order chi connectivity index (χ1) is 11.2. The molecule has 0 unspecified atom stereocenters. The predicted octanol–water partition coefficient (Wildman–Crippen LogP) is 3.40. The highest BCUT2D eigenvalue weighted by Crippen LogP contribution is 2.20. The number of imidazole rings is 1. The lowest BCUT2D eigenvalue weighted by molar-refractivity contribution is 0.415. The minimum absolute atomic E-state index is 0.226. The number of hydrogen-bond donors (Lipinski definition) is 2. The molecular weight excluding hydrogens is 296 g/mol. The van der Waals surface area contributed by atoms with Gasteiger partial charge in [0.25, 0.3) is 5.56 Å². The van der Waals surface area contributed by atoms with E-state index in [1.54, 1.807) is 38.3 Å². The van der Waals surface area contributed by atoms with Crippen LogP contribution in [0.3, 0.4) is 0 Å². The molecule has 2 heterocycles. The van der Waals surface area contributed by atoms with Crippen molar-refractivity contribution < 1.29 is 4.74 Å². The predicted molar refractivity (Wildman–Crippen MR) is 87.8 cm³/mol. The number of aromatic nitrogens is 4. The molecule has 23 heavy (non-hydrogen) atoms. The van der Waals surface area contributed by atoms with Crippen LogP contribution < -0.4 is 10.3 Å². The third-order valence-electron chi connectivity index (χ3n) is 2.80. The van der Waals surface area contributed by atoms with Crippen molar-refractivity contribution in [2.24, 2.45) is 10.2 Å². The second-order valence-corrected chi connectivity index (χ2v) is 4.31. The van der Waals surface area contributed by atoms with E-state index in [1.807, 2.05) is 13.8 Å². The van der Waals surface area contributed by atoms with Crippen LogP contribution in [0.5, 0.6) is 5.75 Å². The molecule has 0 atom stereocenters. The molecule has 0 fully saturated rings. The maximum absolute atomic E-state index is 11.7. The van der Waals surface area contributed by atoms with Crippen molar-refractivity contribution in [2.75, 3.05) is 7.11 Å². The van der Waals surface area contributed by atoms with Crippen LogP contribution in [-0.2, 0) is 0 Å². The van der Waals surface area contributed by atoms with Gasteiger partial charge in [0.15, 0.2) is 11.2 Å². The number of H-pyrrole nitrogens is 2. The van der Waals surface area contributed by atoms with Crippen molar-refractivity contribution in [1.29, 1.82) is 0 Å². The van der Waals surface area contributed by atoms with Gasteiger partial charge in [-0.15, -0.1) is 10.2 Å². The first-order valence-corrected chi connectivity index (χ1v) is 7.18. The van der Waals surface area contributed by atoms with Gasteiger partial charge in [-0.3, -0.25) is 4.79 Å². The normalized spacial score (nSPS) is 10.6. The molecule has 1 aromatic carbocycles. The smallest absolute Gasteiger partial charge is 0.277 e. The largest absolute Gasteiger partial charge is 0.497 e. The summed E-state index contributed by atoms with van der Waals surface area (Å²) in [6.07, 6.45) is 0. The minimum atomic E-state index is -0.282. The van der Waals surface area contributed by atoms with Gasteiger partial charge in [-0.2, -0.15) is 4.98 Å². The van der Waals surface area contributed by atoms with Gasteiger partial charge in [0.05, 0.1) is 12.8 Å². The van der Waals surface area contributed by atoms with Crippen LogP contribution in [0.1, 0.15) is 19.7 Å². The summed E-state index contributed by atoms with van der Waals surface area (Å²) in [5.41, 5.74) is 0.967. The van der Waals surface area contributed by atoms with Crippen molar-refractivity contribution in [3.8, 4) is 5.75 Å². The highest BCUT2D eigenvalue weighted by Gasteiger charge is 2.07. The van der Waals surface area contributed by atoms with Gasteiger partial charge in [0, 0.05) is 0 Å². The van der Waals surface area contributed by atoms with Gasteiger partial charge in [0.1, 0.15) is 11.6 Å². The van der Waals surface area contributed by atoms with Crippen LogP contribution in [-0.4, -0.2) is 27.0 Å². The quantitative estimate of drug-likeness (QED) is 0.722. The van der Waals surface area contributed by atoms with E-state index in [9.17, 15) is 4.79 Å². The Balaban J connectivity index is 0.000000924. The van der Waals surface area contributed by atoms with Crippen molar-refractivity contribution in [2.45, 2.75) is 20.8 Å². The van der Waals surface area contributed by atoms with Gasteiger partial charge in [-0.05, 0) is 31.2 Å². The maximum Gasteiger partial charge on any atom is 0.277 e. The lowest BCUT2D eigenvalue weighted by Gasteiger charge is -1.97. The van der Waals surface area contributed by atoms with Gasteiger partial charge in [0.2, 0.25) is 5.95 Å². The van der Waals surface area contributed by atoms with Crippen molar-refractivity contribution >= 4 is 22.8 Å². The first kappa shape index (κ1) is 16.3. The third kappa shape index (κ3) is 3.79. The van der Waals surface area contributed by atoms with E-state index in [2.05, 4.69) is 30.2 Å². The zero-order valence-corrected chi connectivity index (χ0v) is 13.4. The average molecular weight is 314 g/mol. The fourth-order valence-electron chi connectivity index (χ4n) is 1.81. The molecule has 0 amide bonds. The molecule has 0 aliphatic carbocycles. The lowest BCUT2D eigenvalue weighted by Crippen LogP contribution is -2.09. The molecule has 0 radical (unpaired) electrons. The van der Waals surface area contributed by atoms with E-state index >= 15 is 0 Å². The second kappa shape index (κ2) is 7.30. The number of ether oxygens (including phenoxy) is 1. The molecule has 0 aliphatic heterocycles. The zero-order chi connectivity index (χ0) is 16.8. The zero-order valence-electron chi connectivity index (χ0n) is 13.4. The standard InChI is InChI=1S/C13H12N6O2.C2H6/c1-7-14-11-10(12(20)15-7)16-13(17-11)19-18-8-3-5-9(21-2)6-4-8;1-2/h3-6H,1-2H3,(H2,14,15,16,17,20);1-2H3. The molecule has 2 N–H and O–H groups in total. The molecule has 3 rings (SSSR count). The summed E-state index contributed by atoms with van der Waals surface area (Å²) in [7, 11) is 1.59. The highest BCUT2D eigenvalue weighted by atomic mass is 16.5. The summed E-state index contributed by atoms with van der Waals surface area (Å²) in [6, 6.07) is 7.09. The van der Waals surface area contributed by atoms with Crippen molar-refractivity contribution in [3.05, 3.63) is 40.4 Å². The van der Waals surface area contributed by atoms with Crippen LogP contribution in [0, 0.1) is 6.92 Å². The summed E-state index contributed by atoms with van der Waals surface area (Å²) in [5, 5.41) is 8.00. The Morgan fingerprint density at radius 1 is 1.04 bits per heavy atom. The van der Waals surface area contributed by atoms with Crippen molar-refractivity contribution in [3.63, 3.8) is 0 Å². The number of aromatic amines is 2. The molecule has 0 spiro atoms. The Labute approximate surface area is 132 Å². The summed E-state index contributed by atoms with van der Waals surface area (Å²) in [6.45, 7) is 5.69. The maximum atomic E-state index is 11.7. The van der Waals surface area contributed by atoms with Gasteiger partial charge < -0.3 is 14.7 Å². The summed E-state index contributed by atoms with van der Waals surface area (Å²) >= 11 is 0. The SMILES string of the molecule is CC.COc1ccc(N=Nc2nc3nc(C)[nH]c(=O)c3[nH]2)cc1. The molecule has 0 saturated carbocycles. The van der Waals surface area contributed by atoms with E-state index in [0.717, 1.165) is 5.75 Å². The molecule has 2 aromatic heterocycles. The first-order valence-electron chi connectivity index (χ1n) is 7.18. The van der Waals surface area contributed by atoms with Crippen molar-refractivity contribution in [1.82, 2.24) is 19.9 Å². The van der Waals surface area contributed by atoms with Crippen LogP contribution in [0.25, 0.3) is 11.2 Å². The molecule has 120 valence electrons. The Bertz CT molecular complexity index is 864. The Kier molecular flexibility index (Phi) is 5.19. The third-order valence-corrected chi connectivity index (χ3v) is 2.80. The number of azo groups is 1. The average Bonchev–Trinajstić information content (AvgIpc) is 2.98. The van der Waals surface area contributed by atoms with E-state index in [-0.39, 0.29) is 17.0 Å². The van der Waals surface area contributed by atoms with E-state index in [0.29, 0.717) is 17.2 Å². The highest BCUT2D eigenvalue weighted by molar-refractivity contribution is 5.71. The van der Waals surface area contributed by atoms with Gasteiger partial charge in [-0.25, -0.2) is 4.98 Å². The number of aryl methyl sites for hydroxylation is 1. The number of hydrogen-bond acceptors (Lipinski definition) is 6. The summed E-state index contributed by atoms with van der Waals surface area (Å²) in [5.74, 6) is 1.46. The fraction of sp³-hybridized carbons (Fsp3) is 0.267. The van der Waals surface area contributed by atoms with Gasteiger partial charge in [-0.1, -0.05) is 13.8 Å². The Hall–Kier alpha value is -3.03. The second-order valence-electron chi connectivity index (χ2n) is 4.31. The number of methoxy groups -OCH3 is 1. The van der Waals surface area contributed by atoms with Gasteiger partial charge >= 0.3 is 0 Å². The molecule has 8 nitrogen and oxygen atoms in total. The molecule has 0 bridgehead atoms. The fourth-order valence-corrected chi connectivity index (χ4v) is 1.81. The summed E-state index contributed by atoms with van der Waals surface area (Å²) < 4.78 is 5.06. The van der Waals surface area contributed by atoms with E-state index in [4.69, 9.17) is 4.74 Å². The van der Waals surface area contributed by atoms with Crippen LogP contribution in [0.2, 0.25) is 0 Å². The molecule has 0 aliphatic rings. The lowest BCUT2D eigenvalue weighted by atomic mass is 10.3. The molecule has 3 aromatic rings. The summed E-state index contributed by atoms with van der Waals surface area (Å²) in [4.78, 5) is 25.3. The number of rotatable bonds is 3. The van der Waals surface area contributed by atoms with E-state index < -0.39 is 0 Å². The monoisotopic (exact) mass is 314 g/mol. The molecule has 0 saturated heterocycles. The number of nitrogens with zero attached hydrogens (tertiary/aromatic N) is 4. The van der Waals surface area contributed by atoms with E-state index in [1.165, 1.54) is 0 Å². The Morgan fingerprint density at radius 2 is 1.74 bits per heavy atom. The number of nitrogens with one attached hydrogen (secondary N) is 2. The molecule has 8 heteroatoms. The number of fused-ring (bicyclic) bond motifs is 1.